The molecule has 0 saturated heterocycles. The molecule has 7 nitrogen and oxygen atoms in total. The van der Waals surface area contributed by atoms with Gasteiger partial charge in [-0.15, -0.1) is 12.4 Å². The van der Waals surface area contributed by atoms with Gasteiger partial charge in [0.25, 0.3) is 0 Å². The largest absolute Gasteiger partial charge is 0.466 e. The van der Waals surface area contributed by atoms with Crippen molar-refractivity contribution in [3.05, 3.63) is 12.7 Å². The molecule has 1 atom stereocenters. The van der Waals surface area contributed by atoms with Crippen molar-refractivity contribution >= 4 is 20.2 Å². The molecule has 0 amide bonds. The van der Waals surface area contributed by atoms with Crippen LogP contribution in [0.4, 0.5) is 0 Å². The summed E-state index contributed by atoms with van der Waals surface area (Å²) in [6, 6.07) is 0. The molecule has 9 heteroatoms. The molecule has 106 valence electrons. The minimum absolute atomic E-state index is 0. The van der Waals surface area contributed by atoms with Gasteiger partial charge in [-0.2, -0.15) is 0 Å². The van der Waals surface area contributed by atoms with Gasteiger partial charge in [-0.3, -0.25) is 0 Å². The molecule has 0 bridgehead atoms. The van der Waals surface area contributed by atoms with Gasteiger partial charge in [0.2, 0.25) is 0 Å². The maximum atomic E-state index is 9.12. The summed E-state index contributed by atoms with van der Waals surface area (Å²) in [5.74, 6) is 0. The molecule has 0 aromatic carbocycles. The lowest BCUT2D eigenvalue weighted by Crippen LogP contribution is -2.46. The van der Waals surface area contributed by atoms with Crippen LogP contribution in [0.15, 0.2) is 12.7 Å². The number of halogens is 1. The Balaban J connectivity index is -0.000000280. The van der Waals surface area contributed by atoms with Crippen molar-refractivity contribution in [1.82, 2.24) is 0 Å². The summed E-state index contributed by atoms with van der Waals surface area (Å²) < 4.78 is 9.54. The van der Waals surface area contributed by atoms with E-state index in [1.54, 1.807) is 0 Å². The first-order valence-corrected chi connectivity index (χ1v) is 6.08. The molecule has 0 aromatic heterocycles. The molecule has 5 N–H and O–H groups in total. The van der Waals surface area contributed by atoms with Gasteiger partial charge in [-0.1, -0.05) is 6.58 Å². The second-order valence-corrected chi connectivity index (χ2v) is 4.97. The lowest BCUT2D eigenvalue weighted by Gasteiger charge is -2.29. The quantitative estimate of drug-likeness (QED) is 0.255. The van der Waals surface area contributed by atoms with E-state index < -0.39 is 13.9 Å². The summed E-state index contributed by atoms with van der Waals surface area (Å²) >= 11 is 0. The number of rotatable bonds is 5. The van der Waals surface area contributed by atoms with Crippen molar-refractivity contribution in [2.24, 2.45) is 0 Å². The molecular formula is C8H22ClNO6P+. The molecule has 0 rings (SSSR count). The van der Waals surface area contributed by atoms with Gasteiger partial charge in [-0.25, -0.2) is 4.57 Å². The smallest absolute Gasteiger partial charge is 0.393 e. The first-order valence-electron chi connectivity index (χ1n) is 4.52. The molecule has 0 spiro atoms. The zero-order valence-corrected chi connectivity index (χ0v) is 11.6. The van der Waals surface area contributed by atoms with E-state index in [1.807, 2.05) is 20.2 Å². The molecule has 0 aliphatic carbocycles. The molecule has 0 heterocycles. The SMILES string of the molecule is C=CC[N+](C)(C)CC(O)CO.Cl.O=P(O)(O)O. The highest BCUT2D eigenvalue weighted by Crippen LogP contribution is 2.25. The Bertz CT molecular complexity index is 236. The number of phosphoric acid groups is 1. The predicted octanol–water partition coefficient (Wildman–Crippen LogP) is -0.905. The molecule has 0 fully saturated rings. The third kappa shape index (κ3) is 25.9. The number of quaternary nitrogens is 1. The van der Waals surface area contributed by atoms with Crippen LogP contribution < -0.4 is 0 Å². The Morgan fingerprint density at radius 3 is 1.94 bits per heavy atom. The number of likely N-dealkylation sites (N-methyl/N-ethyl adjacent to an activating group) is 1. The lowest BCUT2D eigenvalue weighted by molar-refractivity contribution is -0.887. The third-order valence-electron chi connectivity index (χ3n) is 1.54. The van der Waals surface area contributed by atoms with Crippen molar-refractivity contribution in [3.8, 4) is 0 Å². The van der Waals surface area contributed by atoms with Crippen molar-refractivity contribution < 1.29 is 33.9 Å². The zero-order chi connectivity index (χ0) is 13.4. The fourth-order valence-corrected chi connectivity index (χ4v) is 1.05. The summed E-state index contributed by atoms with van der Waals surface area (Å²) in [6.07, 6.45) is 1.19. The Kier molecular flexibility index (Phi) is 13.1. The fraction of sp³-hybridized carbons (Fsp3) is 0.750. The van der Waals surface area contributed by atoms with E-state index in [0.717, 1.165) is 6.54 Å². The molecule has 0 radical (unpaired) electrons. The maximum absolute atomic E-state index is 9.12. The first-order chi connectivity index (χ1) is 7.02. The summed E-state index contributed by atoms with van der Waals surface area (Å²) in [4.78, 5) is 21.6. The van der Waals surface area contributed by atoms with Crippen LogP contribution in [-0.4, -0.2) is 69.3 Å². The second-order valence-electron chi connectivity index (χ2n) is 3.94. The second kappa shape index (κ2) is 9.99. The predicted molar refractivity (Wildman–Crippen MR) is 66.6 cm³/mol. The summed E-state index contributed by atoms with van der Waals surface area (Å²) in [6.45, 7) is 4.81. The van der Waals surface area contributed by atoms with Crippen molar-refractivity contribution in [2.45, 2.75) is 6.10 Å². The van der Waals surface area contributed by atoms with E-state index >= 15 is 0 Å². The monoisotopic (exact) mass is 294 g/mol. The Morgan fingerprint density at radius 2 is 1.71 bits per heavy atom. The van der Waals surface area contributed by atoms with Crippen molar-refractivity contribution in [3.63, 3.8) is 0 Å². The minimum Gasteiger partial charge on any atom is -0.393 e. The van der Waals surface area contributed by atoms with E-state index in [1.165, 1.54) is 0 Å². The highest BCUT2D eigenvalue weighted by molar-refractivity contribution is 7.45. The maximum Gasteiger partial charge on any atom is 0.466 e. The van der Waals surface area contributed by atoms with Crippen LogP contribution in [-0.2, 0) is 4.57 Å². The normalized spacial score (nSPS) is 12.9. The Hall–Kier alpha value is 0.0200. The summed E-state index contributed by atoms with van der Waals surface area (Å²) in [7, 11) is -0.666. The van der Waals surface area contributed by atoms with Crippen LogP contribution in [0.25, 0.3) is 0 Å². The average Bonchev–Trinajstić information content (AvgIpc) is 1.99. The summed E-state index contributed by atoms with van der Waals surface area (Å²) in [5, 5.41) is 17.7. The van der Waals surface area contributed by atoms with Crippen LogP contribution in [0.1, 0.15) is 0 Å². The summed E-state index contributed by atoms with van der Waals surface area (Å²) in [5.41, 5.74) is 0. The molecule has 0 saturated carbocycles. The first kappa shape index (κ1) is 22.2. The molecule has 1 unspecified atom stereocenters. The van der Waals surface area contributed by atoms with E-state index in [0.29, 0.717) is 11.0 Å². The average molecular weight is 295 g/mol. The van der Waals surface area contributed by atoms with E-state index in [9.17, 15) is 0 Å². The number of hydrogen-bond donors (Lipinski definition) is 5. The minimum atomic E-state index is -4.64. The standard InChI is InChI=1S/C8H18NO2.ClH.H3O4P/c1-4-5-9(2,3)6-8(11)7-10;;1-5(2,3)4/h4,8,10-11H,1,5-7H2,2-3H3;1H;(H3,1,2,3,4)/q+1;;. The van der Waals surface area contributed by atoms with Crippen LogP contribution in [0.5, 0.6) is 0 Å². The highest BCUT2D eigenvalue weighted by Gasteiger charge is 2.17. The number of nitrogens with zero attached hydrogens (tertiary/aromatic N) is 1. The van der Waals surface area contributed by atoms with Gasteiger partial charge < -0.3 is 29.4 Å². The van der Waals surface area contributed by atoms with Gasteiger partial charge in [-0.05, 0) is 6.08 Å². The van der Waals surface area contributed by atoms with Crippen LogP contribution in [0.2, 0.25) is 0 Å². The number of aliphatic hydroxyl groups is 2. The van der Waals surface area contributed by atoms with Crippen molar-refractivity contribution in [1.29, 1.82) is 0 Å². The van der Waals surface area contributed by atoms with E-state index in [2.05, 4.69) is 6.58 Å². The third-order valence-corrected chi connectivity index (χ3v) is 1.54. The highest BCUT2D eigenvalue weighted by atomic mass is 35.5. The Labute approximate surface area is 107 Å². The molecule has 0 aliphatic heterocycles. The fourth-order valence-electron chi connectivity index (χ4n) is 1.05. The molecule has 0 aliphatic rings. The van der Waals surface area contributed by atoms with Crippen LogP contribution >= 0.6 is 20.2 Å². The van der Waals surface area contributed by atoms with Gasteiger partial charge in [0.1, 0.15) is 12.6 Å². The molecule has 0 aromatic rings. The van der Waals surface area contributed by atoms with E-state index in [4.69, 9.17) is 29.5 Å². The van der Waals surface area contributed by atoms with E-state index in [-0.39, 0.29) is 19.0 Å². The molecular weight excluding hydrogens is 273 g/mol. The zero-order valence-electron chi connectivity index (χ0n) is 9.93. The van der Waals surface area contributed by atoms with Gasteiger partial charge in [0.15, 0.2) is 0 Å². The van der Waals surface area contributed by atoms with Crippen LogP contribution in [0, 0.1) is 0 Å². The number of hydrogen-bond acceptors (Lipinski definition) is 3. The molecule has 17 heavy (non-hydrogen) atoms. The van der Waals surface area contributed by atoms with Crippen molar-refractivity contribution in [2.75, 3.05) is 33.8 Å². The topological polar surface area (TPSA) is 118 Å². The van der Waals surface area contributed by atoms with Gasteiger partial charge >= 0.3 is 7.82 Å². The Morgan fingerprint density at radius 1 is 1.35 bits per heavy atom. The van der Waals surface area contributed by atoms with Gasteiger partial charge in [0.05, 0.1) is 27.2 Å². The lowest BCUT2D eigenvalue weighted by atomic mass is 10.3. The van der Waals surface area contributed by atoms with Crippen LogP contribution in [0.3, 0.4) is 0 Å². The van der Waals surface area contributed by atoms with Gasteiger partial charge in [0, 0.05) is 0 Å². The number of aliphatic hydroxyl groups excluding tert-OH is 2.